The van der Waals surface area contributed by atoms with Gasteiger partial charge < -0.3 is 15.3 Å². The lowest BCUT2D eigenvalue weighted by Gasteiger charge is -2.35. The molecule has 5 heteroatoms. The maximum absolute atomic E-state index is 12.4. The molecule has 2 aliphatic rings. The summed E-state index contributed by atoms with van der Waals surface area (Å²) >= 11 is 0. The van der Waals surface area contributed by atoms with Gasteiger partial charge in [0.05, 0.1) is 12.6 Å². The summed E-state index contributed by atoms with van der Waals surface area (Å²) in [5, 5.41) is 12.5. The fourth-order valence-corrected chi connectivity index (χ4v) is 3.96. The summed E-state index contributed by atoms with van der Waals surface area (Å²) in [4.78, 5) is 16.7. The third-order valence-electron chi connectivity index (χ3n) is 5.49. The number of carbonyl (C=O) groups is 1. The van der Waals surface area contributed by atoms with Crippen molar-refractivity contribution in [1.82, 2.24) is 15.1 Å². The van der Waals surface area contributed by atoms with Gasteiger partial charge >= 0.3 is 6.03 Å². The number of hydrogen-bond acceptors (Lipinski definition) is 3. The van der Waals surface area contributed by atoms with E-state index in [1.54, 1.807) is 4.90 Å². The number of nitrogens with one attached hydrogen (secondary N) is 1. The van der Waals surface area contributed by atoms with Crippen molar-refractivity contribution in [3.05, 3.63) is 35.4 Å². The van der Waals surface area contributed by atoms with Gasteiger partial charge in [-0.2, -0.15) is 0 Å². The van der Waals surface area contributed by atoms with Crippen LogP contribution in [0, 0.1) is 0 Å². The van der Waals surface area contributed by atoms with Crippen LogP contribution < -0.4 is 5.32 Å². The number of fused-ring (bicyclic) bond motifs is 1. The average Bonchev–Trinajstić information content (AvgIpc) is 3.10. The van der Waals surface area contributed by atoms with Crippen LogP contribution in [-0.4, -0.2) is 59.3 Å². The molecule has 1 fully saturated rings. The highest BCUT2D eigenvalue weighted by atomic mass is 16.3. The van der Waals surface area contributed by atoms with E-state index >= 15 is 0 Å². The van der Waals surface area contributed by atoms with Crippen LogP contribution in [0.15, 0.2) is 24.3 Å². The molecule has 0 aromatic heterocycles. The zero-order valence-electron chi connectivity index (χ0n) is 14.6. The maximum atomic E-state index is 12.4. The lowest BCUT2D eigenvalue weighted by atomic mass is 9.98. The van der Waals surface area contributed by atoms with Gasteiger partial charge in [0.1, 0.15) is 0 Å². The first kappa shape index (κ1) is 17.2. The molecule has 2 atom stereocenters. The Kier molecular flexibility index (Phi) is 5.74. The van der Waals surface area contributed by atoms with E-state index in [1.165, 1.54) is 11.1 Å². The second-order valence-electron chi connectivity index (χ2n) is 6.91. The average molecular weight is 331 g/mol. The Morgan fingerprint density at radius 3 is 2.88 bits per heavy atom. The highest BCUT2D eigenvalue weighted by Crippen LogP contribution is 2.21. The molecule has 2 unspecified atom stereocenters. The number of amides is 2. The summed E-state index contributed by atoms with van der Waals surface area (Å²) in [7, 11) is 0. The lowest BCUT2D eigenvalue weighted by Crippen LogP contribution is -2.50. The minimum absolute atomic E-state index is 0.00746. The smallest absolute Gasteiger partial charge is 0.317 e. The van der Waals surface area contributed by atoms with Crippen molar-refractivity contribution in [3.8, 4) is 0 Å². The molecule has 2 N–H and O–H groups in total. The summed E-state index contributed by atoms with van der Waals surface area (Å²) in [5.74, 6) is 0. The van der Waals surface area contributed by atoms with E-state index in [-0.39, 0.29) is 18.7 Å². The lowest BCUT2D eigenvalue weighted by molar-refractivity contribution is 0.145. The Balaban J connectivity index is 1.55. The molecule has 3 rings (SSSR count). The van der Waals surface area contributed by atoms with Crippen LogP contribution in [0.25, 0.3) is 0 Å². The molecule has 5 nitrogen and oxygen atoms in total. The minimum Gasteiger partial charge on any atom is -0.394 e. The molecule has 24 heavy (non-hydrogen) atoms. The van der Waals surface area contributed by atoms with Crippen LogP contribution in [0.4, 0.5) is 4.79 Å². The third-order valence-corrected chi connectivity index (χ3v) is 5.49. The predicted molar refractivity (Wildman–Crippen MR) is 94.8 cm³/mol. The van der Waals surface area contributed by atoms with Gasteiger partial charge in [0, 0.05) is 32.2 Å². The van der Waals surface area contributed by atoms with Crippen LogP contribution in [-0.2, 0) is 13.0 Å². The monoisotopic (exact) mass is 331 g/mol. The molecular weight excluding hydrogens is 302 g/mol. The molecule has 1 aromatic rings. The van der Waals surface area contributed by atoms with Gasteiger partial charge in [-0.15, -0.1) is 0 Å². The quantitative estimate of drug-likeness (QED) is 0.867. The highest BCUT2D eigenvalue weighted by molar-refractivity contribution is 5.74. The van der Waals surface area contributed by atoms with E-state index in [1.807, 2.05) is 0 Å². The van der Waals surface area contributed by atoms with Crippen molar-refractivity contribution < 1.29 is 9.90 Å². The first-order valence-corrected chi connectivity index (χ1v) is 9.19. The van der Waals surface area contributed by atoms with E-state index in [4.69, 9.17) is 0 Å². The molecule has 0 saturated carbocycles. The molecule has 0 spiro atoms. The van der Waals surface area contributed by atoms with Crippen molar-refractivity contribution in [1.29, 1.82) is 0 Å². The van der Waals surface area contributed by atoms with Crippen LogP contribution in [0.2, 0.25) is 0 Å². The van der Waals surface area contributed by atoms with Gasteiger partial charge in [-0.25, -0.2) is 4.79 Å². The number of hydrogen-bond donors (Lipinski definition) is 2. The molecule has 1 aromatic carbocycles. The number of nitrogens with zero attached hydrogens (tertiary/aromatic N) is 2. The summed E-state index contributed by atoms with van der Waals surface area (Å²) in [6, 6.07) is 8.97. The zero-order valence-corrected chi connectivity index (χ0v) is 14.6. The summed E-state index contributed by atoms with van der Waals surface area (Å²) in [5.41, 5.74) is 2.86. The number of rotatable bonds is 5. The Hall–Kier alpha value is -1.59. The second kappa shape index (κ2) is 7.99. The van der Waals surface area contributed by atoms with Crippen molar-refractivity contribution in [3.63, 3.8) is 0 Å². The summed E-state index contributed by atoms with van der Waals surface area (Å²) in [6.45, 7) is 5.69. The molecule has 2 heterocycles. The molecule has 132 valence electrons. The Morgan fingerprint density at radius 2 is 2.12 bits per heavy atom. The fourth-order valence-electron chi connectivity index (χ4n) is 3.96. The van der Waals surface area contributed by atoms with Crippen molar-refractivity contribution >= 4 is 6.03 Å². The number of aliphatic hydroxyl groups is 1. The Bertz CT molecular complexity index is 563. The normalized spacial score (nSPS) is 22.2. The Morgan fingerprint density at radius 1 is 1.33 bits per heavy atom. The second-order valence-corrected chi connectivity index (χ2v) is 6.91. The fraction of sp³-hybridized carbons (Fsp3) is 0.632. The summed E-state index contributed by atoms with van der Waals surface area (Å²) < 4.78 is 0. The molecule has 0 aliphatic carbocycles. The van der Waals surface area contributed by atoms with E-state index in [9.17, 15) is 9.90 Å². The van der Waals surface area contributed by atoms with Gasteiger partial charge in [0.25, 0.3) is 0 Å². The van der Waals surface area contributed by atoms with Crippen molar-refractivity contribution in [2.45, 2.75) is 51.2 Å². The Labute approximate surface area is 144 Å². The standard InChI is InChI=1S/C19H29N3O2/c1-2-17(12-20-19(24)22-10-5-8-18(22)14-23)21-11-9-15-6-3-4-7-16(15)13-21/h3-4,6-7,17-18,23H,2,5,8-14H2,1H3,(H,20,24). The van der Waals surface area contributed by atoms with E-state index in [0.717, 1.165) is 45.3 Å². The topological polar surface area (TPSA) is 55.8 Å². The number of urea groups is 1. The maximum Gasteiger partial charge on any atom is 0.317 e. The first-order valence-electron chi connectivity index (χ1n) is 9.19. The summed E-state index contributed by atoms with van der Waals surface area (Å²) in [6.07, 6.45) is 3.99. The van der Waals surface area contributed by atoms with Gasteiger partial charge in [-0.1, -0.05) is 31.2 Å². The van der Waals surface area contributed by atoms with Gasteiger partial charge in [0.15, 0.2) is 0 Å². The van der Waals surface area contributed by atoms with E-state index < -0.39 is 0 Å². The number of benzene rings is 1. The van der Waals surface area contributed by atoms with Crippen LogP contribution in [0.1, 0.15) is 37.3 Å². The van der Waals surface area contributed by atoms with Crippen molar-refractivity contribution in [2.75, 3.05) is 26.2 Å². The molecule has 2 aliphatic heterocycles. The van der Waals surface area contributed by atoms with Gasteiger partial charge in [-0.3, -0.25) is 4.90 Å². The molecular formula is C19H29N3O2. The molecule has 2 amide bonds. The highest BCUT2D eigenvalue weighted by Gasteiger charge is 2.29. The van der Waals surface area contributed by atoms with Gasteiger partial charge in [-0.05, 0) is 36.8 Å². The zero-order chi connectivity index (χ0) is 16.9. The van der Waals surface area contributed by atoms with Gasteiger partial charge in [0.2, 0.25) is 0 Å². The molecule has 1 saturated heterocycles. The largest absolute Gasteiger partial charge is 0.394 e. The minimum atomic E-state index is -0.0255. The first-order chi connectivity index (χ1) is 11.7. The number of carbonyl (C=O) groups excluding carboxylic acids is 1. The van der Waals surface area contributed by atoms with Crippen LogP contribution >= 0.6 is 0 Å². The van der Waals surface area contributed by atoms with E-state index in [2.05, 4.69) is 41.4 Å². The number of likely N-dealkylation sites (tertiary alicyclic amines) is 1. The van der Waals surface area contributed by atoms with Crippen LogP contribution in [0.5, 0.6) is 0 Å². The molecule has 0 bridgehead atoms. The predicted octanol–water partition coefficient (Wildman–Crippen LogP) is 1.99. The van der Waals surface area contributed by atoms with Crippen molar-refractivity contribution in [2.24, 2.45) is 0 Å². The SMILES string of the molecule is CCC(CNC(=O)N1CCCC1CO)N1CCc2ccccc2C1. The third kappa shape index (κ3) is 3.73. The van der Waals surface area contributed by atoms with Crippen LogP contribution in [0.3, 0.4) is 0 Å². The molecule has 0 radical (unpaired) electrons. The number of aliphatic hydroxyl groups excluding tert-OH is 1. The van der Waals surface area contributed by atoms with E-state index in [0.29, 0.717) is 12.6 Å².